The van der Waals surface area contributed by atoms with E-state index in [1.165, 1.54) is 12.1 Å². The summed E-state index contributed by atoms with van der Waals surface area (Å²) in [5.41, 5.74) is 0. The first-order valence-corrected chi connectivity index (χ1v) is 9.37. The lowest BCUT2D eigenvalue weighted by molar-refractivity contribution is -0.136. The number of likely N-dealkylation sites (tertiary alicyclic amines) is 1. The zero-order valence-electron chi connectivity index (χ0n) is 15.0. The smallest absolute Gasteiger partial charge is 0.249 e. The van der Waals surface area contributed by atoms with Crippen molar-refractivity contribution < 1.29 is 18.4 Å². The number of carbonyl (C=O) groups excluding carboxylic acids is 1. The fourth-order valence-corrected chi connectivity index (χ4v) is 3.64. The normalized spacial score (nSPS) is 19.7. The summed E-state index contributed by atoms with van der Waals surface area (Å²) in [6, 6.07) is 5.74. The Kier molecular flexibility index (Phi) is 5.18. The molecule has 1 aliphatic carbocycles. The van der Waals surface area contributed by atoms with Crippen molar-refractivity contribution in [3.63, 3.8) is 0 Å². The Morgan fingerprint density at radius 1 is 1.26 bits per heavy atom. The molecule has 1 saturated heterocycles. The minimum Gasteiger partial charge on any atom is -0.493 e. The number of carbonyl (C=O) groups is 1. The third-order valence-corrected chi connectivity index (χ3v) is 5.07. The summed E-state index contributed by atoms with van der Waals surface area (Å²) in [5.74, 6) is 1.59. The summed E-state index contributed by atoms with van der Waals surface area (Å²) < 4.78 is 23.9. The molecular weight excluding hydrogens is 349 g/mol. The molecule has 6 nitrogen and oxygen atoms in total. The molecule has 2 heterocycles. The third kappa shape index (κ3) is 4.02. The molecule has 27 heavy (non-hydrogen) atoms. The first-order chi connectivity index (χ1) is 13.2. The molecular formula is C20H22FN3O3. The Morgan fingerprint density at radius 3 is 2.81 bits per heavy atom. The van der Waals surface area contributed by atoms with E-state index in [2.05, 4.69) is 22.3 Å². The van der Waals surface area contributed by atoms with Crippen molar-refractivity contribution in [2.75, 3.05) is 13.2 Å². The summed E-state index contributed by atoms with van der Waals surface area (Å²) in [4.78, 5) is 19.1. The summed E-state index contributed by atoms with van der Waals surface area (Å²) in [7, 11) is 0. The van der Waals surface area contributed by atoms with Crippen molar-refractivity contribution >= 4 is 5.91 Å². The maximum Gasteiger partial charge on any atom is 0.249 e. The van der Waals surface area contributed by atoms with Crippen LogP contribution in [-0.2, 0) is 11.2 Å². The molecule has 2 aromatic rings. The fraction of sp³-hybridized carbons (Fsp3) is 0.450. The van der Waals surface area contributed by atoms with E-state index in [9.17, 15) is 9.18 Å². The quantitative estimate of drug-likeness (QED) is 0.728. The van der Waals surface area contributed by atoms with E-state index < -0.39 is 0 Å². The second-order valence-electron chi connectivity index (χ2n) is 6.93. The Morgan fingerprint density at radius 2 is 2.04 bits per heavy atom. The summed E-state index contributed by atoms with van der Waals surface area (Å²) in [6.07, 6.45) is 8.05. The van der Waals surface area contributed by atoms with Crippen molar-refractivity contribution in [2.45, 2.75) is 38.1 Å². The average molecular weight is 371 g/mol. The number of nitrogens with zero attached hydrogens (tertiary/aromatic N) is 3. The van der Waals surface area contributed by atoms with E-state index in [-0.39, 0.29) is 23.7 Å². The number of allylic oxidation sites excluding steroid dienone is 2. The minimum atomic E-state index is -0.297. The largest absolute Gasteiger partial charge is 0.493 e. The number of benzene rings is 1. The summed E-state index contributed by atoms with van der Waals surface area (Å²) in [5, 5.41) is 4.02. The first kappa shape index (κ1) is 17.7. The highest BCUT2D eigenvalue weighted by atomic mass is 19.1. The molecule has 0 saturated carbocycles. The average Bonchev–Trinajstić information content (AvgIpc) is 3.43. The monoisotopic (exact) mass is 371 g/mol. The van der Waals surface area contributed by atoms with E-state index >= 15 is 0 Å². The van der Waals surface area contributed by atoms with Gasteiger partial charge < -0.3 is 14.2 Å². The molecule has 0 bridgehead atoms. The number of rotatable bonds is 6. The van der Waals surface area contributed by atoms with Gasteiger partial charge in [-0.05, 0) is 49.9 Å². The third-order valence-electron chi connectivity index (χ3n) is 5.07. The minimum absolute atomic E-state index is 0.0529. The maximum absolute atomic E-state index is 12.9. The van der Waals surface area contributed by atoms with Gasteiger partial charge in [0, 0.05) is 18.9 Å². The summed E-state index contributed by atoms with van der Waals surface area (Å²) >= 11 is 0. The van der Waals surface area contributed by atoms with E-state index in [1.54, 1.807) is 12.1 Å². The Labute approximate surface area is 157 Å². The molecule has 1 unspecified atom stereocenters. The van der Waals surface area contributed by atoms with E-state index in [0.29, 0.717) is 30.5 Å². The van der Waals surface area contributed by atoms with Gasteiger partial charge in [0.2, 0.25) is 11.8 Å². The van der Waals surface area contributed by atoms with Crippen LogP contribution in [0.15, 0.2) is 40.9 Å². The maximum atomic E-state index is 12.9. The van der Waals surface area contributed by atoms with Crippen molar-refractivity contribution in [1.82, 2.24) is 15.0 Å². The lowest BCUT2D eigenvalue weighted by Crippen LogP contribution is -2.35. The van der Waals surface area contributed by atoms with Crippen molar-refractivity contribution in [3.05, 3.63) is 53.9 Å². The van der Waals surface area contributed by atoms with Crippen molar-refractivity contribution in [2.24, 2.45) is 5.92 Å². The molecule has 0 radical (unpaired) electrons. The number of ether oxygens (including phenoxy) is 1. The van der Waals surface area contributed by atoms with Crippen LogP contribution < -0.4 is 4.74 Å². The molecule has 1 fully saturated rings. The molecule has 1 aromatic carbocycles. The van der Waals surface area contributed by atoms with Gasteiger partial charge in [-0.2, -0.15) is 4.98 Å². The number of aromatic nitrogens is 2. The predicted octanol–water partition coefficient (Wildman–Crippen LogP) is 3.46. The molecule has 0 N–H and O–H groups in total. The van der Waals surface area contributed by atoms with Crippen molar-refractivity contribution in [3.8, 4) is 5.75 Å². The van der Waals surface area contributed by atoms with Gasteiger partial charge in [0.15, 0.2) is 5.82 Å². The van der Waals surface area contributed by atoms with E-state index in [1.807, 2.05) is 4.90 Å². The SMILES string of the molecule is O=C(C1CC=CC1)N1CCCC1c1nc(CCOc2ccc(F)cc2)no1. The number of hydrogen-bond donors (Lipinski definition) is 0. The number of halogens is 1. The molecule has 7 heteroatoms. The predicted molar refractivity (Wildman–Crippen MR) is 95.4 cm³/mol. The Bertz CT molecular complexity index is 810. The van der Waals surface area contributed by atoms with Crippen LogP contribution in [0.2, 0.25) is 0 Å². The van der Waals surface area contributed by atoms with Crippen molar-refractivity contribution in [1.29, 1.82) is 0 Å². The van der Waals surface area contributed by atoms with Gasteiger partial charge in [0.05, 0.1) is 6.61 Å². The van der Waals surface area contributed by atoms with Crippen LogP contribution in [0.1, 0.15) is 43.4 Å². The Balaban J connectivity index is 1.33. The van der Waals surface area contributed by atoms with Crippen LogP contribution >= 0.6 is 0 Å². The number of amides is 1. The highest BCUT2D eigenvalue weighted by molar-refractivity contribution is 5.80. The Hall–Kier alpha value is -2.70. The van der Waals surface area contributed by atoms with Gasteiger partial charge in [-0.15, -0.1) is 0 Å². The molecule has 1 amide bonds. The standard InChI is InChI=1S/C20H22FN3O3/c21-15-7-9-16(10-8-15)26-13-11-18-22-19(27-23-18)17-6-3-12-24(17)20(25)14-4-1-2-5-14/h1-2,7-10,14,17H,3-6,11-13H2. The van der Waals surface area contributed by atoms with Crippen LogP contribution in [0, 0.1) is 11.7 Å². The topological polar surface area (TPSA) is 68.5 Å². The van der Waals surface area contributed by atoms with Gasteiger partial charge in [0.25, 0.3) is 0 Å². The molecule has 2 aliphatic rings. The van der Waals surface area contributed by atoms with Crippen LogP contribution in [0.4, 0.5) is 4.39 Å². The highest BCUT2D eigenvalue weighted by Crippen LogP contribution is 2.34. The zero-order chi connectivity index (χ0) is 18.6. The van der Waals surface area contributed by atoms with Gasteiger partial charge in [-0.1, -0.05) is 17.3 Å². The molecule has 1 atom stereocenters. The lowest BCUT2D eigenvalue weighted by Gasteiger charge is -2.24. The molecule has 142 valence electrons. The van der Waals surface area contributed by atoms with Crippen LogP contribution in [0.5, 0.6) is 5.75 Å². The zero-order valence-corrected chi connectivity index (χ0v) is 15.0. The molecule has 4 rings (SSSR count). The summed E-state index contributed by atoms with van der Waals surface area (Å²) in [6.45, 7) is 1.11. The van der Waals surface area contributed by atoms with E-state index in [4.69, 9.17) is 9.26 Å². The lowest BCUT2D eigenvalue weighted by atomic mass is 10.1. The van der Waals surface area contributed by atoms with E-state index in [0.717, 1.165) is 32.2 Å². The highest BCUT2D eigenvalue weighted by Gasteiger charge is 2.37. The first-order valence-electron chi connectivity index (χ1n) is 9.37. The second kappa shape index (κ2) is 7.90. The van der Waals surface area contributed by atoms with Crippen LogP contribution in [0.3, 0.4) is 0 Å². The molecule has 1 aromatic heterocycles. The fourth-order valence-electron chi connectivity index (χ4n) is 3.64. The van der Waals surface area contributed by atoms with Gasteiger partial charge in [-0.3, -0.25) is 4.79 Å². The van der Waals surface area contributed by atoms with Crippen LogP contribution in [0.25, 0.3) is 0 Å². The number of hydrogen-bond acceptors (Lipinski definition) is 5. The van der Waals surface area contributed by atoms with Gasteiger partial charge in [-0.25, -0.2) is 4.39 Å². The second-order valence-corrected chi connectivity index (χ2v) is 6.93. The van der Waals surface area contributed by atoms with Gasteiger partial charge in [0.1, 0.15) is 17.6 Å². The van der Waals surface area contributed by atoms with Crippen LogP contribution in [-0.4, -0.2) is 34.1 Å². The van der Waals surface area contributed by atoms with Gasteiger partial charge >= 0.3 is 0 Å². The molecule has 0 spiro atoms. The molecule has 1 aliphatic heterocycles.